The van der Waals surface area contributed by atoms with E-state index in [0.717, 1.165) is 62.0 Å². The van der Waals surface area contributed by atoms with Gasteiger partial charge in [0.15, 0.2) is 11.6 Å². The Balaban J connectivity index is 1.48. The first kappa shape index (κ1) is 15.1. The van der Waals surface area contributed by atoms with Gasteiger partial charge in [0, 0.05) is 13.1 Å². The van der Waals surface area contributed by atoms with Gasteiger partial charge in [0.2, 0.25) is 5.91 Å². The maximum absolute atomic E-state index is 12.8. The molecular formula is C19H22N4O2. The van der Waals surface area contributed by atoms with Crippen LogP contribution in [-0.2, 0) is 9.53 Å². The fraction of sp³-hybridized carbons (Fsp3) is 0.526. The molecule has 3 aliphatic rings. The average molecular weight is 338 g/mol. The minimum absolute atomic E-state index is 0.0252. The zero-order valence-electron chi connectivity index (χ0n) is 14.1. The number of carbonyl (C=O) groups excluding carboxylic acids is 1. The molecule has 5 rings (SSSR count). The third-order valence-electron chi connectivity index (χ3n) is 5.64. The maximum atomic E-state index is 12.8. The van der Waals surface area contributed by atoms with Crippen LogP contribution in [0.2, 0.25) is 0 Å². The van der Waals surface area contributed by atoms with Crippen molar-refractivity contribution in [1.29, 1.82) is 0 Å². The lowest BCUT2D eigenvalue weighted by Crippen LogP contribution is -2.32. The number of benzene rings is 1. The van der Waals surface area contributed by atoms with Crippen LogP contribution in [0.3, 0.4) is 0 Å². The molecular weight excluding hydrogens is 316 g/mol. The van der Waals surface area contributed by atoms with Crippen LogP contribution in [0.15, 0.2) is 24.3 Å². The lowest BCUT2D eigenvalue weighted by atomic mass is 9.88. The van der Waals surface area contributed by atoms with E-state index in [1.54, 1.807) is 0 Å². The van der Waals surface area contributed by atoms with Crippen LogP contribution < -0.4 is 10.2 Å². The minimum atomic E-state index is -0.0570. The van der Waals surface area contributed by atoms with E-state index in [2.05, 4.69) is 10.2 Å². The summed E-state index contributed by atoms with van der Waals surface area (Å²) in [4.78, 5) is 24.6. The van der Waals surface area contributed by atoms with Crippen molar-refractivity contribution in [1.82, 2.24) is 9.97 Å². The molecule has 25 heavy (non-hydrogen) atoms. The number of nitrogens with one attached hydrogen (secondary N) is 1. The zero-order chi connectivity index (χ0) is 16.8. The number of hydrogen-bond donors (Lipinski definition) is 1. The van der Waals surface area contributed by atoms with Gasteiger partial charge in [0.1, 0.15) is 0 Å². The number of nitrogens with zero attached hydrogens (tertiary/aromatic N) is 3. The summed E-state index contributed by atoms with van der Waals surface area (Å²) >= 11 is 0. The Morgan fingerprint density at radius 2 is 1.88 bits per heavy atom. The second kappa shape index (κ2) is 5.95. The minimum Gasteiger partial charge on any atom is -0.374 e. The first-order chi connectivity index (χ1) is 12.3. The molecule has 3 aliphatic heterocycles. The van der Waals surface area contributed by atoms with E-state index in [0.29, 0.717) is 5.82 Å². The molecule has 3 atom stereocenters. The summed E-state index contributed by atoms with van der Waals surface area (Å²) in [5.74, 6) is 1.36. The van der Waals surface area contributed by atoms with Gasteiger partial charge in [-0.2, -0.15) is 0 Å². The first-order valence-electron chi connectivity index (χ1n) is 9.26. The van der Waals surface area contributed by atoms with Crippen LogP contribution in [0.1, 0.15) is 32.1 Å². The van der Waals surface area contributed by atoms with Crippen molar-refractivity contribution in [2.45, 2.75) is 44.3 Å². The van der Waals surface area contributed by atoms with Gasteiger partial charge >= 0.3 is 0 Å². The van der Waals surface area contributed by atoms with Crippen molar-refractivity contribution >= 4 is 28.6 Å². The highest BCUT2D eigenvalue weighted by molar-refractivity contribution is 5.96. The smallest absolute Gasteiger partial charge is 0.231 e. The summed E-state index contributed by atoms with van der Waals surface area (Å²) in [7, 11) is 0. The van der Waals surface area contributed by atoms with Gasteiger partial charge in [0.25, 0.3) is 0 Å². The first-order valence-corrected chi connectivity index (χ1v) is 9.26. The number of aromatic nitrogens is 2. The number of anilines is 2. The summed E-state index contributed by atoms with van der Waals surface area (Å²) in [6.45, 7) is 1.93. The molecule has 2 bridgehead atoms. The maximum Gasteiger partial charge on any atom is 0.231 e. The van der Waals surface area contributed by atoms with Crippen molar-refractivity contribution < 1.29 is 9.53 Å². The topological polar surface area (TPSA) is 67.4 Å². The van der Waals surface area contributed by atoms with Gasteiger partial charge in [-0.15, -0.1) is 0 Å². The quantitative estimate of drug-likeness (QED) is 0.932. The number of hydrogen-bond acceptors (Lipinski definition) is 5. The molecule has 4 heterocycles. The monoisotopic (exact) mass is 338 g/mol. The highest BCUT2D eigenvalue weighted by Crippen LogP contribution is 2.39. The fourth-order valence-corrected chi connectivity index (χ4v) is 4.35. The Bertz CT molecular complexity index is 818. The molecule has 1 N–H and O–H groups in total. The Morgan fingerprint density at radius 3 is 2.56 bits per heavy atom. The Morgan fingerprint density at radius 1 is 1.12 bits per heavy atom. The van der Waals surface area contributed by atoms with Gasteiger partial charge in [-0.1, -0.05) is 12.1 Å². The lowest BCUT2D eigenvalue weighted by molar-refractivity contribution is -0.121. The van der Waals surface area contributed by atoms with Crippen molar-refractivity contribution in [3.8, 4) is 0 Å². The van der Waals surface area contributed by atoms with Gasteiger partial charge in [-0.25, -0.2) is 9.97 Å². The predicted molar refractivity (Wildman–Crippen MR) is 95.6 cm³/mol. The van der Waals surface area contributed by atoms with E-state index in [1.165, 1.54) is 0 Å². The molecule has 3 fully saturated rings. The van der Waals surface area contributed by atoms with E-state index in [4.69, 9.17) is 14.7 Å². The van der Waals surface area contributed by atoms with Gasteiger partial charge in [-0.3, -0.25) is 4.79 Å². The fourth-order valence-electron chi connectivity index (χ4n) is 4.35. The molecule has 6 nitrogen and oxygen atoms in total. The van der Waals surface area contributed by atoms with E-state index in [1.807, 2.05) is 24.3 Å². The number of rotatable bonds is 3. The molecule has 1 aromatic heterocycles. The summed E-state index contributed by atoms with van der Waals surface area (Å²) in [5, 5.41) is 3.07. The van der Waals surface area contributed by atoms with Gasteiger partial charge < -0.3 is 15.0 Å². The molecule has 0 aliphatic carbocycles. The molecule has 1 aromatic carbocycles. The van der Waals surface area contributed by atoms with E-state index >= 15 is 0 Å². The molecule has 0 saturated carbocycles. The van der Waals surface area contributed by atoms with Crippen LogP contribution in [-0.4, -0.2) is 41.2 Å². The number of carbonyl (C=O) groups is 1. The average Bonchev–Trinajstić information content (AvgIpc) is 3.38. The third-order valence-corrected chi connectivity index (χ3v) is 5.64. The number of ether oxygens (including phenoxy) is 1. The molecule has 6 heteroatoms. The summed E-state index contributed by atoms with van der Waals surface area (Å²) < 4.78 is 5.84. The normalized spacial score (nSPS) is 28.0. The summed E-state index contributed by atoms with van der Waals surface area (Å²) in [5.41, 5.74) is 1.68. The second-order valence-electron chi connectivity index (χ2n) is 7.28. The van der Waals surface area contributed by atoms with Gasteiger partial charge in [-0.05, 0) is 44.2 Å². The van der Waals surface area contributed by atoms with Crippen LogP contribution >= 0.6 is 0 Å². The highest BCUT2D eigenvalue weighted by atomic mass is 16.5. The van der Waals surface area contributed by atoms with Crippen LogP contribution in [0, 0.1) is 5.92 Å². The summed E-state index contributed by atoms with van der Waals surface area (Å²) in [6.07, 6.45) is 5.56. The predicted octanol–water partition coefficient (Wildman–Crippen LogP) is 2.74. The van der Waals surface area contributed by atoms with Crippen LogP contribution in [0.5, 0.6) is 0 Å². The van der Waals surface area contributed by atoms with Crippen molar-refractivity contribution in [3.63, 3.8) is 0 Å². The van der Waals surface area contributed by atoms with E-state index in [-0.39, 0.29) is 24.0 Å². The van der Waals surface area contributed by atoms with Gasteiger partial charge in [0.05, 0.1) is 29.2 Å². The molecule has 0 unspecified atom stereocenters. The van der Waals surface area contributed by atoms with Crippen molar-refractivity contribution in [3.05, 3.63) is 24.3 Å². The zero-order valence-corrected chi connectivity index (χ0v) is 14.1. The number of para-hydroxylation sites is 2. The standard InChI is InChI=1S/C19H22N4O2/c24-19(13-11-12-7-8-16(13)25-12)22-17-18(23-9-3-4-10-23)21-15-6-2-1-5-14(15)20-17/h1-2,5-6,12-13,16H,3-4,7-11H2,(H,20,22,24)/t12-,13+,16+/m1/s1. The summed E-state index contributed by atoms with van der Waals surface area (Å²) in [6, 6.07) is 7.82. The molecule has 0 spiro atoms. The van der Waals surface area contributed by atoms with Crippen molar-refractivity contribution in [2.75, 3.05) is 23.3 Å². The number of fused-ring (bicyclic) bond motifs is 3. The molecule has 1 amide bonds. The Hall–Kier alpha value is -2.21. The Kier molecular flexibility index (Phi) is 3.59. The van der Waals surface area contributed by atoms with Crippen LogP contribution in [0.4, 0.5) is 11.6 Å². The van der Waals surface area contributed by atoms with Crippen molar-refractivity contribution in [2.24, 2.45) is 5.92 Å². The molecule has 130 valence electrons. The van der Waals surface area contributed by atoms with E-state index in [9.17, 15) is 4.79 Å². The second-order valence-corrected chi connectivity index (χ2v) is 7.28. The van der Waals surface area contributed by atoms with Crippen LogP contribution in [0.25, 0.3) is 11.0 Å². The molecule has 3 saturated heterocycles. The number of amides is 1. The SMILES string of the molecule is O=C(Nc1nc2ccccc2nc1N1CCCC1)[C@H]1C[C@H]2CC[C@@H]1O2. The molecule has 0 radical (unpaired) electrons. The highest BCUT2D eigenvalue weighted by Gasteiger charge is 2.44. The Labute approximate surface area is 146 Å². The molecule has 2 aromatic rings. The lowest BCUT2D eigenvalue weighted by Gasteiger charge is -2.22. The third kappa shape index (κ3) is 2.65. The van der Waals surface area contributed by atoms with E-state index < -0.39 is 0 Å². The largest absolute Gasteiger partial charge is 0.374 e.